The zero-order valence-corrected chi connectivity index (χ0v) is 16.5. The second kappa shape index (κ2) is 8.57. The third-order valence-corrected chi connectivity index (χ3v) is 4.77. The third kappa shape index (κ3) is 4.20. The fourth-order valence-electron chi connectivity index (χ4n) is 3.25. The van der Waals surface area contributed by atoms with Gasteiger partial charge in [-0.1, -0.05) is 42.5 Å². The van der Waals surface area contributed by atoms with E-state index in [1.165, 1.54) is 6.07 Å². The predicted octanol–water partition coefficient (Wildman–Crippen LogP) is 2.72. The Labute approximate surface area is 173 Å². The molecule has 0 radical (unpaired) electrons. The summed E-state index contributed by atoms with van der Waals surface area (Å²) >= 11 is 0. The molecule has 0 saturated heterocycles. The van der Waals surface area contributed by atoms with Crippen molar-refractivity contribution in [3.8, 4) is 5.69 Å². The Kier molecular flexibility index (Phi) is 5.52. The number of amides is 1. The average molecular weight is 399 g/mol. The fraction of sp³-hybridized carbons (Fsp3) is 0.130. The van der Waals surface area contributed by atoms with Crippen molar-refractivity contribution in [2.75, 3.05) is 0 Å². The van der Waals surface area contributed by atoms with E-state index in [-0.39, 0.29) is 12.2 Å². The minimum atomic E-state index is -0.501. The van der Waals surface area contributed by atoms with Crippen LogP contribution in [0.5, 0.6) is 0 Å². The first-order chi connectivity index (χ1) is 14.6. The highest BCUT2D eigenvalue weighted by Gasteiger charge is 2.15. The molecule has 7 nitrogen and oxygen atoms in total. The molecule has 0 aliphatic carbocycles. The van der Waals surface area contributed by atoms with Crippen molar-refractivity contribution in [2.45, 2.75) is 20.0 Å². The number of para-hydroxylation sites is 1. The first kappa shape index (κ1) is 19.3. The summed E-state index contributed by atoms with van der Waals surface area (Å²) in [6, 6.07) is 20.5. The topological polar surface area (TPSA) is 81.8 Å². The van der Waals surface area contributed by atoms with Crippen molar-refractivity contribution in [3.05, 3.63) is 112 Å². The van der Waals surface area contributed by atoms with Crippen molar-refractivity contribution in [1.82, 2.24) is 24.9 Å². The Balaban J connectivity index is 1.55. The molecular formula is C23H21N5O2. The number of hydrogen-bond acceptors (Lipinski definition) is 4. The first-order valence-corrected chi connectivity index (χ1v) is 9.60. The molecule has 1 amide bonds. The van der Waals surface area contributed by atoms with Crippen molar-refractivity contribution < 1.29 is 4.79 Å². The highest BCUT2D eigenvalue weighted by Crippen LogP contribution is 2.11. The summed E-state index contributed by atoms with van der Waals surface area (Å²) in [5.74, 6) is -0.501. The zero-order chi connectivity index (χ0) is 20.9. The van der Waals surface area contributed by atoms with E-state index in [1.807, 2.05) is 71.5 Å². The molecule has 2 aromatic heterocycles. The van der Waals surface area contributed by atoms with Crippen LogP contribution in [0, 0.1) is 6.92 Å². The summed E-state index contributed by atoms with van der Waals surface area (Å²) in [5, 5.41) is 11.4. The van der Waals surface area contributed by atoms with Gasteiger partial charge in [0.25, 0.3) is 5.91 Å². The van der Waals surface area contributed by atoms with Crippen LogP contribution >= 0.6 is 0 Å². The third-order valence-electron chi connectivity index (χ3n) is 4.77. The Morgan fingerprint density at radius 2 is 1.73 bits per heavy atom. The van der Waals surface area contributed by atoms with E-state index in [1.54, 1.807) is 17.8 Å². The molecule has 7 heteroatoms. The molecule has 150 valence electrons. The van der Waals surface area contributed by atoms with Gasteiger partial charge in [-0.25, -0.2) is 4.68 Å². The summed E-state index contributed by atoms with van der Waals surface area (Å²) in [5.41, 5.74) is 2.91. The summed E-state index contributed by atoms with van der Waals surface area (Å²) in [4.78, 5) is 25.2. The largest absolute Gasteiger partial charge is 0.346 e. The molecule has 1 N–H and O–H groups in total. The lowest BCUT2D eigenvalue weighted by Crippen LogP contribution is -2.32. The van der Waals surface area contributed by atoms with Crippen LogP contribution in [0.25, 0.3) is 5.69 Å². The van der Waals surface area contributed by atoms with E-state index in [9.17, 15) is 9.59 Å². The molecule has 0 aliphatic heterocycles. The van der Waals surface area contributed by atoms with Crippen molar-refractivity contribution in [3.63, 3.8) is 0 Å². The predicted molar refractivity (Wildman–Crippen MR) is 114 cm³/mol. The van der Waals surface area contributed by atoms with E-state index < -0.39 is 11.3 Å². The maximum absolute atomic E-state index is 12.8. The number of nitrogens with zero attached hydrogens (tertiary/aromatic N) is 4. The molecule has 0 spiro atoms. The van der Waals surface area contributed by atoms with Crippen molar-refractivity contribution in [2.24, 2.45) is 0 Å². The van der Waals surface area contributed by atoms with E-state index in [0.29, 0.717) is 12.2 Å². The minimum Gasteiger partial charge on any atom is -0.346 e. The van der Waals surface area contributed by atoms with Gasteiger partial charge in [0.1, 0.15) is 0 Å². The number of rotatable bonds is 6. The number of aromatic nitrogens is 4. The van der Waals surface area contributed by atoms with E-state index >= 15 is 0 Å². The molecule has 0 aliphatic rings. The van der Waals surface area contributed by atoms with Gasteiger partial charge in [0.15, 0.2) is 5.69 Å². The maximum atomic E-state index is 12.8. The molecule has 30 heavy (non-hydrogen) atoms. The van der Waals surface area contributed by atoms with Crippen LogP contribution in [0.2, 0.25) is 0 Å². The quantitative estimate of drug-likeness (QED) is 0.541. The number of aryl methyl sites for hydroxylation is 1. The molecule has 4 aromatic rings. The lowest BCUT2D eigenvalue weighted by atomic mass is 10.1. The van der Waals surface area contributed by atoms with Gasteiger partial charge in [-0.2, -0.15) is 10.2 Å². The van der Waals surface area contributed by atoms with E-state index in [0.717, 1.165) is 16.8 Å². The van der Waals surface area contributed by atoms with Gasteiger partial charge in [-0.3, -0.25) is 14.3 Å². The number of hydrogen-bond donors (Lipinski definition) is 1. The van der Waals surface area contributed by atoms with Gasteiger partial charge < -0.3 is 5.32 Å². The number of carbonyl (C=O) groups excluding carboxylic acids is 1. The standard InChI is InChI=1S/C23H21N5O2/c1-17-14-21(29)22(26-28(17)20-10-3-2-4-11-20)23(30)24-15-18-8-5-6-9-19(18)16-27-13-7-12-25-27/h2-14H,15-16H2,1H3,(H,24,30). The average Bonchev–Trinajstić information content (AvgIpc) is 3.27. The van der Waals surface area contributed by atoms with Crippen LogP contribution in [0.1, 0.15) is 27.3 Å². The highest BCUT2D eigenvalue weighted by molar-refractivity contribution is 5.92. The normalized spacial score (nSPS) is 10.7. The smallest absolute Gasteiger partial charge is 0.276 e. The van der Waals surface area contributed by atoms with E-state index in [4.69, 9.17) is 0 Å². The lowest BCUT2D eigenvalue weighted by molar-refractivity contribution is 0.0943. The van der Waals surface area contributed by atoms with E-state index in [2.05, 4.69) is 15.5 Å². The second-order valence-corrected chi connectivity index (χ2v) is 6.90. The van der Waals surface area contributed by atoms with Crippen LogP contribution in [0.15, 0.2) is 83.9 Å². The Morgan fingerprint density at radius 3 is 2.47 bits per heavy atom. The van der Waals surface area contributed by atoms with Crippen LogP contribution in [0.4, 0.5) is 0 Å². The van der Waals surface area contributed by atoms with Gasteiger partial charge in [0.2, 0.25) is 5.43 Å². The van der Waals surface area contributed by atoms with Crippen molar-refractivity contribution >= 4 is 5.91 Å². The van der Waals surface area contributed by atoms with Crippen LogP contribution < -0.4 is 10.7 Å². The first-order valence-electron chi connectivity index (χ1n) is 9.60. The van der Waals surface area contributed by atoms with Crippen LogP contribution in [-0.2, 0) is 13.1 Å². The molecule has 4 rings (SSSR count). The maximum Gasteiger partial charge on any atom is 0.276 e. The fourth-order valence-corrected chi connectivity index (χ4v) is 3.25. The van der Waals surface area contributed by atoms with Gasteiger partial charge in [0, 0.05) is 30.7 Å². The van der Waals surface area contributed by atoms with Crippen LogP contribution in [0.3, 0.4) is 0 Å². The minimum absolute atomic E-state index is 0.131. The Bertz CT molecular complexity index is 1210. The molecule has 0 unspecified atom stereocenters. The summed E-state index contributed by atoms with van der Waals surface area (Å²) in [6.45, 7) is 2.67. The Morgan fingerprint density at radius 1 is 1.00 bits per heavy atom. The molecule has 2 heterocycles. The van der Waals surface area contributed by atoms with Gasteiger partial charge >= 0.3 is 0 Å². The summed E-state index contributed by atoms with van der Waals surface area (Å²) < 4.78 is 3.42. The highest BCUT2D eigenvalue weighted by atomic mass is 16.2. The van der Waals surface area contributed by atoms with Gasteiger partial charge in [-0.15, -0.1) is 0 Å². The number of carbonyl (C=O) groups is 1. The molecular weight excluding hydrogens is 378 g/mol. The monoisotopic (exact) mass is 399 g/mol. The number of benzene rings is 2. The molecule has 0 fully saturated rings. The van der Waals surface area contributed by atoms with Crippen LogP contribution in [-0.4, -0.2) is 25.5 Å². The molecule has 0 atom stereocenters. The lowest BCUT2D eigenvalue weighted by Gasteiger charge is -2.13. The summed E-state index contributed by atoms with van der Waals surface area (Å²) in [6.07, 6.45) is 3.61. The number of nitrogens with one attached hydrogen (secondary N) is 1. The Hall–Kier alpha value is -4.00. The van der Waals surface area contributed by atoms with Crippen molar-refractivity contribution in [1.29, 1.82) is 0 Å². The molecule has 0 bridgehead atoms. The summed E-state index contributed by atoms with van der Waals surface area (Å²) in [7, 11) is 0. The zero-order valence-electron chi connectivity index (χ0n) is 16.5. The molecule has 0 saturated carbocycles. The van der Waals surface area contributed by atoms with Gasteiger partial charge in [0.05, 0.1) is 12.2 Å². The SMILES string of the molecule is Cc1cc(=O)c(C(=O)NCc2ccccc2Cn2cccn2)nn1-c1ccccc1. The second-order valence-electron chi connectivity index (χ2n) is 6.90. The van der Waals surface area contributed by atoms with Gasteiger partial charge in [-0.05, 0) is 36.2 Å². The molecule has 2 aromatic carbocycles.